The van der Waals surface area contributed by atoms with Crippen LogP contribution in [0.4, 0.5) is 4.79 Å². The average molecular weight is 656 g/mol. The van der Waals surface area contributed by atoms with Gasteiger partial charge in [0.1, 0.15) is 17.4 Å². The van der Waals surface area contributed by atoms with Crippen LogP contribution in [-0.4, -0.2) is 108 Å². The summed E-state index contributed by atoms with van der Waals surface area (Å²) < 4.78 is 28.8. The first-order chi connectivity index (χ1) is 22.2. The summed E-state index contributed by atoms with van der Waals surface area (Å²) in [6.45, 7) is 7.82. The van der Waals surface area contributed by atoms with E-state index in [1.807, 2.05) is 19.2 Å². The molecule has 2 amide bonds. The lowest BCUT2D eigenvalue weighted by molar-refractivity contribution is -0.175. The van der Waals surface area contributed by atoms with E-state index in [9.17, 15) is 24.3 Å². The van der Waals surface area contributed by atoms with Crippen molar-refractivity contribution < 1.29 is 48.0 Å². The van der Waals surface area contributed by atoms with Crippen molar-refractivity contribution in [1.82, 2.24) is 15.1 Å². The predicted molar refractivity (Wildman–Crippen MR) is 167 cm³/mol. The number of ether oxygens (including phenoxy) is 5. The van der Waals surface area contributed by atoms with Crippen LogP contribution >= 0.6 is 0 Å². The van der Waals surface area contributed by atoms with Crippen molar-refractivity contribution in [3.8, 4) is 11.5 Å². The third-order valence-electron chi connectivity index (χ3n) is 10.2. The number of rotatable bonds is 8. The minimum atomic E-state index is -1.24. The maximum Gasteiger partial charge on any atom is 0.410 e. The molecule has 6 atom stereocenters. The molecule has 2 saturated heterocycles. The zero-order chi connectivity index (χ0) is 33.9. The Morgan fingerprint density at radius 3 is 2.68 bits per heavy atom. The lowest BCUT2D eigenvalue weighted by Crippen LogP contribution is -2.74. The van der Waals surface area contributed by atoms with Gasteiger partial charge in [0.05, 0.1) is 24.5 Å². The smallest absolute Gasteiger partial charge is 0.410 e. The quantitative estimate of drug-likeness (QED) is 0.314. The molecule has 0 radical (unpaired) electrons. The van der Waals surface area contributed by atoms with Gasteiger partial charge in [-0.25, -0.2) is 9.59 Å². The van der Waals surface area contributed by atoms with Crippen molar-refractivity contribution in [2.45, 2.75) is 107 Å². The fraction of sp³-hybridized carbons (Fsp3) is 0.647. The van der Waals surface area contributed by atoms with E-state index >= 15 is 0 Å². The number of piperidine rings is 1. The average Bonchev–Trinajstić information content (AvgIpc) is 3.63. The molecule has 13 nitrogen and oxygen atoms in total. The molecule has 13 heteroatoms. The molecule has 1 aromatic rings. The van der Waals surface area contributed by atoms with E-state index in [2.05, 4.69) is 10.2 Å². The minimum absolute atomic E-state index is 0.0295. The number of hydrogen-bond acceptors (Lipinski definition) is 11. The summed E-state index contributed by atoms with van der Waals surface area (Å²) >= 11 is 0. The van der Waals surface area contributed by atoms with Crippen molar-refractivity contribution in [1.29, 1.82) is 0 Å². The van der Waals surface area contributed by atoms with Crippen LogP contribution in [0.25, 0.3) is 0 Å². The molecule has 2 bridgehead atoms. The van der Waals surface area contributed by atoms with Crippen LogP contribution in [0.1, 0.15) is 70.9 Å². The van der Waals surface area contributed by atoms with Gasteiger partial charge in [-0.05, 0) is 84.7 Å². The first-order valence-electron chi connectivity index (χ1n) is 16.4. The normalized spacial score (nSPS) is 29.6. The van der Waals surface area contributed by atoms with Gasteiger partial charge >= 0.3 is 18.0 Å². The summed E-state index contributed by atoms with van der Waals surface area (Å²) in [6, 6.07) is 3.07. The molecule has 1 spiro atoms. The topological polar surface area (TPSA) is 153 Å². The molecule has 2 aliphatic carbocycles. The number of carbonyl (C=O) groups is 4. The van der Waals surface area contributed by atoms with E-state index in [1.54, 1.807) is 34.0 Å². The third kappa shape index (κ3) is 5.50. The first kappa shape index (κ1) is 33.1. The molecule has 256 valence electrons. The van der Waals surface area contributed by atoms with E-state index in [1.165, 1.54) is 11.8 Å². The van der Waals surface area contributed by atoms with Crippen LogP contribution in [0.5, 0.6) is 11.5 Å². The van der Waals surface area contributed by atoms with Crippen LogP contribution in [0, 0.1) is 0 Å². The van der Waals surface area contributed by atoms with Gasteiger partial charge in [0.25, 0.3) is 0 Å². The molecule has 3 heterocycles. The van der Waals surface area contributed by atoms with Crippen molar-refractivity contribution >= 4 is 23.9 Å². The second kappa shape index (κ2) is 12.0. The Bertz CT molecular complexity index is 1500. The van der Waals surface area contributed by atoms with Gasteiger partial charge in [-0.2, -0.15) is 0 Å². The van der Waals surface area contributed by atoms with E-state index in [4.69, 9.17) is 23.7 Å². The Morgan fingerprint density at radius 2 is 1.96 bits per heavy atom. The number of likely N-dealkylation sites (N-methyl/N-ethyl adjacent to an activating group) is 1. The summed E-state index contributed by atoms with van der Waals surface area (Å²) in [5.74, 6) is -0.461. The van der Waals surface area contributed by atoms with Crippen LogP contribution in [0.3, 0.4) is 0 Å². The van der Waals surface area contributed by atoms with Gasteiger partial charge in [0.15, 0.2) is 23.7 Å². The second-order valence-electron chi connectivity index (χ2n) is 14.2. The maximum absolute atomic E-state index is 13.2. The standard InChI is InChI=1S/C34H45N3O10/c1-19(44-25(38)12-15-35-29(39)21-8-7-16-37(21)31(41)47-32(2,3)4)30(40)45-23-11-13-34(42)24-18-20-9-10-22(43-6)27-26(20)33(34,28(23)46-27)14-17-36(24)5/h9-11,19,21,24,28,42H,7-8,12-18H2,1-6H3,(H,35,39)/t19-,21?,24+,28-,33-,34+/m0/s1. The Kier molecular flexibility index (Phi) is 8.44. The van der Waals surface area contributed by atoms with Crippen molar-refractivity contribution in [2.75, 3.05) is 33.8 Å². The maximum atomic E-state index is 13.2. The molecule has 1 aromatic carbocycles. The molecule has 3 aliphatic heterocycles. The van der Waals surface area contributed by atoms with Gasteiger partial charge in [0.2, 0.25) is 5.91 Å². The van der Waals surface area contributed by atoms with Gasteiger partial charge in [0, 0.05) is 31.1 Å². The summed E-state index contributed by atoms with van der Waals surface area (Å²) in [6.07, 6.45) is 1.66. The zero-order valence-electron chi connectivity index (χ0n) is 27.9. The molecular formula is C34H45N3O10. The first-order valence-corrected chi connectivity index (χ1v) is 16.4. The zero-order valence-corrected chi connectivity index (χ0v) is 27.9. The Labute approximate surface area is 274 Å². The lowest BCUT2D eigenvalue weighted by Gasteiger charge is -2.61. The molecule has 6 rings (SSSR count). The Balaban J connectivity index is 1.07. The minimum Gasteiger partial charge on any atom is -0.493 e. The molecule has 2 N–H and O–H groups in total. The SMILES string of the molecule is COc1ccc2c3c1O[C@H]1C(OC(=O)[C@H](C)OC(=O)CCNC(=O)C4CCCN4C(=O)OC(C)(C)C)=CC[C@@]4(O)[C@@H](C2)N(C)CC[C@]314. The monoisotopic (exact) mass is 655 g/mol. The number of nitrogens with one attached hydrogen (secondary N) is 1. The molecule has 0 saturated carbocycles. The number of aliphatic hydroxyl groups is 1. The molecule has 0 aromatic heterocycles. The van der Waals surface area contributed by atoms with Crippen LogP contribution < -0.4 is 14.8 Å². The van der Waals surface area contributed by atoms with Crippen LogP contribution in [0.2, 0.25) is 0 Å². The number of carbonyl (C=O) groups excluding carboxylic acids is 4. The summed E-state index contributed by atoms with van der Waals surface area (Å²) in [5.41, 5.74) is -0.657. The summed E-state index contributed by atoms with van der Waals surface area (Å²) in [5, 5.41) is 15.0. The number of esters is 2. The molecule has 47 heavy (non-hydrogen) atoms. The van der Waals surface area contributed by atoms with Crippen LogP contribution in [-0.2, 0) is 40.4 Å². The fourth-order valence-electron chi connectivity index (χ4n) is 8.08. The largest absolute Gasteiger partial charge is 0.493 e. The van der Waals surface area contributed by atoms with E-state index in [0.717, 1.165) is 17.7 Å². The van der Waals surface area contributed by atoms with Gasteiger partial charge in [-0.3, -0.25) is 14.5 Å². The highest BCUT2D eigenvalue weighted by Gasteiger charge is 2.72. The Morgan fingerprint density at radius 1 is 1.19 bits per heavy atom. The number of benzene rings is 1. The van der Waals surface area contributed by atoms with Gasteiger partial charge in [-0.15, -0.1) is 0 Å². The van der Waals surface area contributed by atoms with Crippen LogP contribution in [0.15, 0.2) is 24.0 Å². The molecular weight excluding hydrogens is 610 g/mol. The second-order valence-corrected chi connectivity index (χ2v) is 14.2. The number of likely N-dealkylation sites (tertiary alicyclic amines) is 2. The van der Waals surface area contributed by atoms with Crippen molar-refractivity contribution in [2.24, 2.45) is 0 Å². The number of methoxy groups -OCH3 is 1. The van der Waals surface area contributed by atoms with Crippen molar-refractivity contribution in [3.05, 3.63) is 35.1 Å². The summed E-state index contributed by atoms with van der Waals surface area (Å²) in [4.78, 5) is 54.8. The van der Waals surface area contributed by atoms with E-state index < -0.39 is 52.9 Å². The molecule has 1 unspecified atom stereocenters. The predicted octanol–water partition coefficient (Wildman–Crippen LogP) is 2.35. The van der Waals surface area contributed by atoms with Gasteiger partial charge in [-0.1, -0.05) is 6.07 Å². The fourth-order valence-corrected chi connectivity index (χ4v) is 8.08. The van der Waals surface area contributed by atoms with E-state index in [0.29, 0.717) is 43.7 Å². The lowest BCUT2D eigenvalue weighted by atomic mass is 9.50. The number of amides is 2. The highest BCUT2D eigenvalue weighted by molar-refractivity contribution is 5.86. The van der Waals surface area contributed by atoms with E-state index in [-0.39, 0.29) is 37.1 Å². The summed E-state index contributed by atoms with van der Waals surface area (Å²) in [7, 11) is 3.59. The Hall–Kier alpha value is -3.84. The third-order valence-corrected chi connectivity index (χ3v) is 10.2. The highest BCUT2D eigenvalue weighted by atomic mass is 16.6. The molecule has 5 aliphatic rings. The van der Waals surface area contributed by atoms with Crippen molar-refractivity contribution in [3.63, 3.8) is 0 Å². The molecule has 2 fully saturated rings. The van der Waals surface area contributed by atoms with Gasteiger partial charge < -0.3 is 39.0 Å². The number of hydrogen-bond donors (Lipinski definition) is 2. The highest BCUT2D eigenvalue weighted by Crippen LogP contribution is 2.65. The number of nitrogens with zero attached hydrogens (tertiary/aromatic N) is 2.